The first-order valence-electron chi connectivity index (χ1n) is 7.00. The topological polar surface area (TPSA) is 46.5 Å². The van der Waals surface area contributed by atoms with Gasteiger partial charge in [0.25, 0.3) is 0 Å². The van der Waals surface area contributed by atoms with Crippen LogP contribution in [-0.4, -0.2) is 18.3 Å². The van der Waals surface area contributed by atoms with Crippen molar-refractivity contribution in [1.29, 1.82) is 0 Å². The van der Waals surface area contributed by atoms with Crippen LogP contribution in [-0.2, 0) is 0 Å². The van der Waals surface area contributed by atoms with Gasteiger partial charge in [0.15, 0.2) is 0 Å². The molecule has 0 unspecified atom stereocenters. The highest BCUT2D eigenvalue weighted by Gasteiger charge is 2.08. The number of halogens is 2. The first kappa shape index (κ1) is 16.8. The summed E-state index contributed by atoms with van der Waals surface area (Å²) in [5.74, 6) is 0.524. The van der Waals surface area contributed by atoms with Crippen LogP contribution in [0.3, 0.4) is 0 Å². The lowest BCUT2D eigenvalue weighted by Crippen LogP contribution is -1.95. The molecule has 0 aliphatic rings. The van der Waals surface area contributed by atoms with E-state index in [1.54, 1.807) is 25.5 Å². The zero-order chi connectivity index (χ0) is 16.9. The van der Waals surface area contributed by atoms with E-state index >= 15 is 0 Å². The van der Waals surface area contributed by atoms with E-state index in [-0.39, 0.29) is 0 Å². The Labute approximate surface area is 153 Å². The molecular weight excluding hydrogens is 365 g/mol. The van der Waals surface area contributed by atoms with Crippen LogP contribution in [0.15, 0.2) is 52.9 Å². The summed E-state index contributed by atoms with van der Waals surface area (Å²) in [7, 11) is 1.55. The van der Waals surface area contributed by atoms with E-state index in [0.717, 1.165) is 11.3 Å². The molecule has 0 fully saturated rings. The second kappa shape index (κ2) is 7.66. The molecule has 0 saturated heterocycles. The monoisotopic (exact) mass is 377 g/mol. The molecule has 0 bridgehead atoms. The first-order valence-corrected chi connectivity index (χ1v) is 8.64. The Balaban J connectivity index is 1.75. The fourth-order valence-electron chi connectivity index (χ4n) is 2.12. The van der Waals surface area contributed by atoms with Crippen molar-refractivity contribution in [1.82, 2.24) is 4.98 Å². The lowest BCUT2D eigenvalue weighted by molar-refractivity contribution is 0.414. The molecule has 0 radical (unpaired) electrons. The summed E-state index contributed by atoms with van der Waals surface area (Å²) in [6, 6.07) is 13.3. The van der Waals surface area contributed by atoms with Gasteiger partial charge in [-0.1, -0.05) is 53.5 Å². The third-order valence-corrected chi connectivity index (χ3v) is 4.42. The lowest BCUT2D eigenvalue weighted by atomic mass is 10.2. The first-order chi connectivity index (χ1) is 11.7. The third kappa shape index (κ3) is 3.87. The minimum absolute atomic E-state index is 0.437. The summed E-state index contributed by atoms with van der Waals surface area (Å²) >= 11 is 13.6. The van der Waals surface area contributed by atoms with Crippen LogP contribution in [0.5, 0.6) is 5.75 Å². The van der Waals surface area contributed by atoms with Gasteiger partial charge in [0, 0.05) is 21.5 Å². The van der Waals surface area contributed by atoms with Crippen LogP contribution in [0.1, 0.15) is 5.56 Å². The lowest BCUT2D eigenvalue weighted by Gasteiger charge is -2.07. The van der Waals surface area contributed by atoms with Crippen molar-refractivity contribution in [2.45, 2.75) is 0 Å². The summed E-state index contributed by atoms with van der Waals surface area (Å²) in [5.41, 5.74) is 5.56. The number of benzene rings is 2. The molecule has 0 aliphatic heterocycles. The van der Waals surface area contributed by atoms with Crippen molar-refractivity contribution in [3.63, 3.8) is 0 Å². The van der Waals surface area contributed by atoms with E-state index in [1.807, 2.05) is 35.7 Å². The van der Waals surface area contributed by atoms with Crippen LogP contribution < -0.4 is 10.2 Å². The van der Waals surface area contributed by atoms with Gasteiger partial charge in [-0.05, 0) is 12.1 Å². The molecule has 2 aromatic carbocycles. The predicted molar refractivity (Wildman–Crippen MR) is 102 cm³/mol. The number of hydrazone groups is 1. The molecule has 0 spiro atoms. The smallest absolute Gasteiger partial charge is 0.203 e. The highest BCUT2D eigenvalue weighted by atomic mass is 35.5. The third-order valence-electron chi connectivity index (χ3n) is 3.18. The molecule has 0 aliphatic carbocycles. The van der Waals surface area contributed by atoms with Crippen LogP contribution in [0.4, 0.5) is 5.13 Å². The van der Waals surface area contributed by atoms with Gasteiger partial charge in [-0.3, -0.25) is 5.43 Å². The van der Waals surface area contributed by atoms with Crippen molar-refractivity contribution in [3.8, 4) is 17.0 Å². The van der Waals surface area contributed by atoms with Gasteiger partial charge in [0.1, 0.15) is 5.75 Å². The number of hydrogen-bond donors (Lipinski definition) is 1. The van der Waals surface area contributed by atoms with Crippen molar-refractivity contribution < 1.29 is 4.74 Å². The Morgan fingerprint density at radius 3 is 2.75 bits per heavy atom. The van der Waals surface area contributed by atoms with Crippen molar-refractivity contribution >= 4 is 45.9 Å². The van der Waals surface area contributed by atoms with E-state index < -0.39 is 0 Å². The van der Waals surface area contributed by atoms with Gasteiger partial charge in [0.05, 0.1) is 24.0 Å². The number of hydrogen-bond acceptors (Lipinski definition) is 5. The molecule has 3 rings (SSSR count). The number of nitrogens with zero attached hydrogens (tertiary/aromatic N) is 2. The van der Waals surface area contributed by atoms with Gasteiger partial charge in [-0.25, -0.2) is 4.98 Å². The molecule has 7 heteroatoms. The van der Waals surface area contributed by atoms with Crippen LogP contribution in [0, 0.1) is 0 Å². The maximum Gasteiger partial charge on any atom is 0.203 e. The Kier molecular flexibility index (Phi) is 5.35. The van der Waals surface area contributed by atoms with Gasteiger partial charge < -0.3 is 4.74 Å². The number of thiazole rings is 1. The predicted octanol–water partition coefficient (Wildman–Crippen LogP) is 5.57. The minimum Gasteiger partial charge on any atom is -0.495 e. The fourth-order valence-corrected chi connectivity index (χ4v) is 3.37. The molecule has 1 aromatic heterocycles. The van der Waals surface area contributed by atoms with Gasteiger partial charge >= 0.3 is 0 Å². The van der Waals surface area contributed by atoms with E-state index in [2.05, 4.69) is 15.5 Å². The Hall–Kier alpha value is -2.08. The normalized spacial score (nSPS) is 11.0. The zero-order valence-corrected chi connectivity index (χ0v) is 15.0. The van der Waals surface area contributed by atoms with E-state index in [9.17, 15) is 0 Å². The molecular formula is C17H13Cl2N3OS. The highest BCUT2D eigenvalue weighted by Crippen LogP contribution is 2.31. The fraction of sp³-hybridized carbons (Fsp3) is 0.0588. The summed E-state index contributed by atoms with van der Waals surface area (Å²) in [6.07, 6.45) is 1.60. The second-order valence-corrected chi connectivity index (χ2v) is 6.49. The number of rotatable bonds is 5. The average molecular weight is 378 g/mol. The largest absolute Gasteiger partial charge is 0.495 e. The molecule has 0 amide bonds. The van der Waals surface area contributed by atoms with Gasteiger partial charge in [-0.2, -0.15) is 5.10 Å². The Bertz CT molecular complexity index is 866. The van der Waals surface area contributed by atoms with Crippen molar-refractivity contribution in [3.05, 3.63) is 63.5 Å². The highest BCUT2D eigenvalue weighted by molar-refractivity contribution is 7.14. The summed E-state index contributed by atoms with van der Waals surface area (Å²) in [6.45, 7) is 0. The molecule has 1 N–H and O–H groups in total. The van der Waals surface area contributed by atoms with Gasteiger partial charge in [0.2, 0.25) is 5.13 Å². The molecule has 4 nitrogen and oxygen atoms in total. The minimum atomic E-state index is 0.437. The average Bonchev–Trinajstić information content (AvgIpc) is 3.04. The quantitative estimate of drug-likeness (QED) is 0.466. The number of ether oxygens (including phenoxy) is 1. The number of anilines is 1. The summed E-state index contributed by atoms with van der Waals surface area (Å²) in [4.78, 5) is 4.50. The number of aromatic nitrogens is 1. The molecule has 122 valence electrons. The van der Waals surface area contributed by atoms with Crippen LogP contribution in [0.2, 0.25) is 10.0 Å². The molecule has 3 aromatic rings. The second-order valence-electron chi connectivity index (χ2n) is 4.78. The maximum absolute atomic E-state index is 6.10. The van der Waals surface area contributed by atoms with E-state index in [0.29, 0.717) is 26.5 Å². The van der Waals surface area contributed by atoms with Crippen molar-refractivity contribution in [2.75, 3.05) is 12.5 Å². The van der Waals surface area contributed by atoms with Crippen LogP contribution >= 0.6 is 34.5 Å². The Morgan fingerprint density at radius 2 is 2.00 bits per heavy atom. The van der Waals surface area contributed by atoms with Gasteiger partial charge in [-0.15, -0.1) is 11.3 Å². The molecule has 0 saturated carbocycles. The number of methoxy groups -OCH3 is 1. The Morgan fingerprint density at radius 1 is 1.21 bits per heavy atom. The van der Waals surface area contributed by atoms with Crippen molar-refractivity contribution in [2.24, 2.45) is 5.10 Å². The SMILES string of the molecule is COc1c(Cl)cc(Cl)cc1/C=N\Nc1nc(-c2ccccc2)cs1. The molecule has 0 atom stereocenters. The zero-order valence-electron chi connectivity index (χ0n) is 12.7. The number of nitrogens with one attached hydrogen (secondary N) is 1. The van der Waals surface area contributed by atoms with Crippen LogP contribution in [0.25, 0.3) is 11.3 Å². The molecule has 24 heavy (non-hydrogen) atoms. The van der Waals surface area contributed by atoms with E-state index in [1.165, 1.54) is 11.3 Å². The molecule has 1 heterocycles. The summed E-state index contributed by atoms with van der Waals surface area (Å²) in [5, 5.41) is 7.81. The maximum atomic E-state index is 6.10. The standard InChI is InChI=1S/C17H13Cl2N3OS/c1-23-16-12(7-13(18)8-14(16)19)9-20-22-17-21-15(10-24-17)11-5-3-2-4-6-11/h2-10H,1H3,(H,21,22)/b20-9-. The van der Waals surface area contributed by atoms with E-state index in [4.69, 9.17) is 27.9 Å². The summed E-state index contributed by atoms with van der Waals surface area (Å²) < 4.78 is 5.27.